The van der Waals surface area contributed by atoms with Gasteiger partial charge >= 0.3 is 0 Å². The van der Waals surface area contributed by atoms with E-state index < -0.39 is 0 Å². The van der Waals surface area contributed by atoms with Crippen LogP contribution in [0, 0.1) is 12.1 Å². The van der Waals surface area contributed by atoms with Crippen LogP contribution in [0.5, 0.6) is 0 Å². The fourth-order valence-corrected chi connectivity index (χ4v) is 19.3. The third-order valence-electron chi connectivity index (χ3n) is 25.0. The molecule has 23 aromatic rings. The SMILES string of the molecule is c1ccc(-c2cc(-c3cccc(-c4ccc(-c5cc(-c6ccccc6)cc(N(c6cccc(-c7c8ccccc8cc8c7c7ccccc7n8-c7ccccc7)c6)c6ccccc6-c6ccccc6)c5)cc4)c3)cc(N(c3cc(-c4ccccc4)cc(-c4ccccc4)c3)c3cccc(-c4c5ccccc5cc5c4c4ccccc4n5-c4ccccc4)c3)c2)cc#1. The fraction of sp³-hybridized carbons (Fsp3) is 0. The van der Waals surface area contributed by atoms with Gasteiger partial charge in [0.15, 0.2) is 0 Å². The molecule has 126 heavy (non-hydrogen) atoms. The number of aromatic nitrogens is 2. The molecule has 0 aliphatic rings. The van der Waals surface area contributed by atoms with Gasteiger partial charge in [-0.1, -0.05) is 340 Å². The summed E-state index contributed by atoms with van der Waals surface area (Å²) in [6, 6.07) is 185. The third-order valence-corrected chi connectivity index (χ3v) is 25.0. The predicted octanol–water partition coefficient (Wildman–Crippen LogP) is 33.4. The largest absolute Gasteiger partial charge is 0.310 e. The molecule has 0 bridgehead atoms. The van der Waals surface area contributed by atoms with Gasteiger partial charge < -0.3 is 18.9 Å². The number of nitrogens with zero attached hydrogens (tertiary/aromatic N) is 4. The van der Waals surface area contributed by atoms with E-state index in [1.807, 2.05) is 6.07 Å². The van der Waals surface area contributed by atoms with E-state index >= 15 is 0 Å². The molecular formula is C122H80N4. The lowest BCUT2D eigenvalue weighted by molar-refractivity contribution is 1.18. The summed E-state index contributed by atoms with van der Waals surface area (Å²) in [6.07, 6.45) is 0. The summed E-state index contributed by atoms with van der Waals surface area (Å²) in [5.74, 6) is 0. The van der Waals surface area contributed by atoms with Crippen LogP contribution in [0.1, 0.15) is 0 Å². The number of fused-ring (bicyclic) bond motifs is 8. The zero-order valence-electron chi connectivity index (χ0n) is 69.0. The number of hydrogen-bond donors (Lipinski definition) is 0. The Balaban J connectivity index is 0.673. The maximum absolute atomic E-state index is 3.33. The van der Waals surface area contributed by atoms with Crippen LogP contribution >= 0.6 is 0 Å². The lowest BCUT2D eigenvalue weighted by atomic mass is 9.92. The molecule has 0 saturated carbocycles. The van der Waals surface area contributed by atoms with Crippen LogP contribution < -0.4 is 9.80 Å². The first kappa shape index (κ1) is 74.2. The zero-order chi connectivity index (χ0) is 83.4. The van der Waals surface area contributed by atoms with Gasteiger partial charge in [0.1, 0.15) is 0 Å². The van der Waals surface area contributed by atoms with Gasteiger partial charge in [0.2, 0.25) is 0 Å². The number of hydrogen-bond acceptors (Lipinski definition) is 2. The second-order valence-electron chi connectivity index (χ2n) is 32.5. The number of rotatable bonds is 18. The first-order valence-electron chi connectivity index (χ1n) is 43.2. The van der Waals surface area contributed by atoms with Crippen molar-refractivity contribution in [2.75, 3.05) is 9.80 Å². The van der Waals surface area contributed by atoms with Gasteiger partial charge in [-0.3, -0.25) is 0 Å². The normalized spacial score (nSPS) is 11.4. The molecule has 4 heteroatoms. The third kappa shape index (κ3) is 13.6. The van der Waals surface area contributed by atoms with Crippen molar-refractivity contribution in [3.63, 3.8) is 0 Å². The maximum Gasteiger partial charge on any atom is 0.0553 e. The molecule has 0 unspecified atom stereocenters. The zero-order valence-corrected chi connectivity index (χ0v) is 69.0. The molecular weight excluding hydrogens is 1520 g/mol. The van der Waals surface area contributed by atoms with Crippen molar-refractivity contribution >= 4 is 99.3 Å². The topological polar surface area (TPSA) is 16.3 Å². The summed E-state index contributed by atoms with van der Waals surface area (Å²) in [5.41, 5.74) is 35.3. The van der Waals surface area contributed by atoms with Crippen molar-refractivity contribution < 1.29 is 0 Å². The second-order valence-corrected chi connectivity index (χ2v) is 32.5. The Kier molecular flexibility index (Phi) is 18.8. The van der Waals surface area contributed by atoms with Gasteiger partial charge in [0.05, 0.1) is 27.8 Å². The molecule has 0 fully saturated rings. The molecule has 4 nitrogen and oxygen atoms in total. The second kappa shape index (κ2) is 32.0. The summed E-state index contributed by atoms with van der Waals surface area (Å²) in [5, 5.41) is 9.58. The summed E-state index contributed by atoms with van der Waals surface area (Å²) in [7, 11) is 0. The Bertz CT molecular complexity index is 7980. The molecule has 23 rings (SSSR count). The average molecular weight is 1600 g/mol. The summed E-state index contributed by atoms with van der Waals surface area (Å²) >= 11 is 0. The van der Waals surface area contributed by atoms with Crippen LogP contribution in [0.4, 0.5) is 34.1 Å². The standard InChI is InChI=1S/C122H80N4/c1-8-35-83(36-9-1)96-70-97(84-37-10-2-11-38-84)76-106(75-96)123(104-55-33-49-94(73-104)119-110-58-24-22-45-92(110)81-117-121(119)112-60-27-30-63-115(112)125(117)102-51-18-6-19-52-102)107-77-99(86-41-14-4-15-42-86)72-101(80-107)91-48-32-47-90(69-91)87-65-67-88(68-66-87)100-71-98(85-39-12-3-13-40-85)78-108(79-100)124(114-62-29-26-57-109(114)89-43-16-5-17-44-89)105-56-34-50-95(74-105)120-111-59-25-23-46-93(111)82-118-122(120)113-61-28-31-64-116(113)126(118)103-53-20-7-21-54-103/h1-3,5-14,16-82H. The van der Waals surface area contributed by atoms with Crippen LogP contribution in [0.2, 0.25) is 0 Å². The Morgan fingerprint density at radius 1 is 0.183 bits per heavy atom. The summed E-state index contributed by atoms with van der Waals surface area (Å²) < 4.78 is 4.87. The number of anilines is 6. The number of para-hydroxylation sites is 5. The molecule has 588 valence electrons. The minimum atomic E-state index is 0.997. The Morgan fingerprint density at radius 3 is 0.976 bits per heavy atom. The fourth-order valence-electron chi connectivity index (χ4n) is 19.3. The molecule has 0 amide bonds. The minimum Gasteiger partial charge on any atom is -0.310 e. The Hall–Kier alpha value is -16.8. The van der Waals surface area contributed by atoms with Gasteiger partial charge in [-0.05, 0) is 285 Å². The molecule has 2 heterocycles. The van der Waals surface area contributed by atoms with Crippen molar-refractivity contribution in [3.05, 3.63) is 497 Å². The van der Waals surface area contributed by atoms with E-state index in [9.17, 15) is 0 Å². The average Bonchev–Trinajstić information content (AvgIpc) is 1.56. The van der Waals surface area contributed by atoms with Crippen molar-refractivity contribution in [2.24, 2.45) is 0 Å². The van der Waals surface area contributed by atoms with E-state index in [1.54, 1.807) is 0 Å². The smallest absolute Gasteiger partial charge is 0.0553 e. The van der Waals surface area contributed by atoms with Crippen LogP contribution in [0.25, 0.3) is 188 Å². The van der Waals surface area contributed by atoms with Crippen LogP contribution in [0.3, 0.4) is 0 Å². The van der Waals surface area contributed by atoms with Gasteiger partial charge in [-0.25, -0.2) is 0 Å². The first-order valence-corrected chi connectivity index (χ1v) is 43.2. The number of benzene rings is 20. The minimum absolute atomic E-state index is 0.997. The molecule has 0 saturated heterocycles. The van der Waals surface area contributed by atoms with E-state index in [4.69, 9.17) is 0 Å². The van der Waals surface area contributed by atoms with E-state index in [2.05, 4.69) is 510 Å². The highest BCUT2D eigenvalue weighted by molar-refractivity contribution is 6.25. The highest BCUT2D eigenvalue weighted by Crippen LogP contribution is 2.52. The Morgan fingerprint density at radius 2 is 0.508 bits per heavy atom. The van der Waals surface area contributed by atoms with Gasteiger partial charge in [-0.2, -0.15) is 0 Å². The van der Waals surface area contributed by atoms with Crippen LogP contribution in [-0.4, -0.2) is 9.13 Å². The Labute approximate surface area is 733 Å². The lowest BCUT2D eigenvalue weighted by Gasteiger charge is -2.29. The first-order chi connectivity index (χ1) is 62.5. The maximum atomic E-state index is 3.33. The van der Waals surface area contributed by atoms with Crippen molar-refractivity contribution in [1.82, 2.24) is 9.13 Å². The highest BCUT2D eigenvalue weighted by atomic mass is 15.2. The van der Waals surface area contributed by atoms with Gasteiger partial charge in [0, 0.05) is 66.9 Å². The van der Waals surface area contributed by atoms with Crippen LogP contribution in [-0.2, 0) is 0 Å². The van der Waals surface area contributed by atoms with Gasteiger partial charge in [-0.15, -0.1) is 0 Å². The van der Waals surface area contributed by atoms with Crippen molar-refractivity contribution in [3.8, 4) is 123 Å². The molecule has 2 aromatic heterocycles. The lowest BCUT2D eigenvalue weighted by Crippen LogP contribution is -2.12. The molecule has 21 aromatic carbocycles. The summed E-state index contributed by atoms with van der Waals surface area (Å²) in [6.45, 7) is 0. The summed E-state index contributed by atoms with van der Waals surface area (Å²) in [4.78, 5) is 4.97. The van der Waals surface area contributed by atoms with Crippen molar-refractivity contribution in [1.29, 1.82) is 0 Å². The molecule has 0 aliphatic heterocycles. The molecule has 0 atom stereocenters. The predicted molar refractivity (Wildman–Crippen MR) is 532 cm³/mol. The van der Waals surface area contributed by atoms with Gasteiger partial charge in [0.25, 0.3) is 0 Å². The molecule has 0 spiro atoms. The van der Waals surface area contributed by atoms with E-state index in [0.29, 0.717) is 0 Å². The molecule has 0 N–H and O–H groups in total. The van der Waals surface area contributed by atoms with Crippen molar-refractivity contribution in [2.45, 2.75) is 0 Å². The van der Waals surface area contributed by atoms with Crippen LogP contribution in [0.15, 0.2) is 485 Å². The quantitative estimate of drug-likeness (QED) is 0.0851. The molecule has 0 aliphatic carbocycles. The van der Waals surface area contributed by atoms with E-state index in [0.717, 1.165) is 162 Å². The highest BCUT2D eigenvalue weighted by Gasteiger charge is 2.27. The molecule has 0 radical (unpaired) electrons. The van der Waals surface area contributed by atoms with E-state index in [-0.39, 0.29) is 0 Å². The monoisotopic (exact) mass is 1600 g/mol. The van der Waals surface area contributed by atoms with E-state index in [1.165, 1.54) is 59.7 Å².